The van der Waals surface area contributed by atoms with E-state index in [0.717, 1.165) is 5.56 Å². The number of nitrogens with one attached hydrogen (secondary N) is 1. The van der Waals surface area contributed by atoms with Crippen molar-refractivity contribution < 1.29 is 14.3 Å². The summed E-state index contributed by atoms with van der Waals surface area (Å²) in [4.78, 5) is 25.3. The fourth-order valence-corrected chi connectivity index (χ4v) is 3.33. The molecule has 4 rings (SSSR count). The fraction of sp³-hybridized carbons (Fsp3) is 0.0417. The minimum atomic E-state index is -0.519. The van der Waals surface area contributed by atoms with Crippen LogP contribution >= 0.6 is 11.6 Å². The minimum Gasteiger partial charge on any atom is -0.488 e. The number of halogens is 1. The minimum absolute atomic E-state index is 0.0339. The second-order valence-corrected chi connectivity index (χ2v) is 7.15. The van der Waals surface area contributed by atoms with Gasteiger partial charge in [0.25, 0.3) is 11.8 Å². The zero-order valence-corrected chi connectivity index (χ0v) is 17.0. The second-order valence-electron chi connectivity index (χ2n) is 6.71. The van der Waals surface area contributed by atoms with Crippen LogP contribution in [-0.2, 0) is 16.2 Å². The SMILES string of the molecule is N#Cc1ccccc1COc1ccc(Cl)cc1/C=C1/C(=O)NN(c2ccccc2)C1=O. The van der Waals surface area contributed by atoms with Crippen molar-refractivity contribution in [2.45, 2.75) is 6.61 Å². The highest BCUT2D eigenvalue weighted by atomic mass is 35.5. The van der Waals surface area contributed by atoms with Crippen LogP contribution in [0.3, 0.4) is 0 Å². The van der Waals surface area contributed by atoms with Crippen molar-refractivity contribution in [3.05, 3.63) is 100 Å². The molecule has 1 aliphatic rings. The number of rotatable bonds is 5. The van der Waals surface area contributed by atoms with Gasteiger partial charge in [-0.2, -0.15) is 5.26 Å². The van der Waals surface area contributed by atoms with Crippen molar-refractivity contribution in [1.29, 1.82) is 5.26 Å². The number of hydrazine groups is 1. The highest BCUT2D eigenvalue weighted by Crippen LogP contribution is 2.28. The molecule has 6 nitrogen and oxygen atoms in total. The Kier molecular flexibility index (Phi) is 5.69. The van der Waals surface area contributed by atoms with Gasteiger partial charge in [-0.3, -0.25) is 15.0 Å². The van der Waals surface area contributed by atoms with E-state index in [1.165, 1.54) is 11.1 Å². The lowest BCUT2D eigenvalue weighted by Crippen LogP contribution is -2.35. The molecule has 0 unspecified atom stereocenters. The first-order chi connectivity index (χ1) is 15.1. The Morgan fingerprint density at radius 2 is 1.77 bits per heavy atom. The Hall–Kier alpha value is -4.08. The lowest BCUT2D eigenvalue weighted by Gasteiger charge is -2.14. The molecule has 0 saturated carbocycles. The topological polar surface area (TPSA) is 82.4 Å². The van der Waals surface area contributed by atoms with Gasteiger partial charge in [-0.15, -0.1) is 0 Å². The molecule has 0 spiro atoms. The van der Waals surface area contributed by atoms with Crippen molar-refractivity contribution in [3.8, 4) is 11.8 Å². The number of nitriles is 1. The maximum Gasteiger partial charge on any atom is 0.282 e. The van der Waals surface area contributed by atoms with Crippen LogP contribution < -0.4 is 15.2 Å². The number of carbonyl (C=O) groups excluding carboxylic acids is 2. The smallest absolute Gasteiger partial charge is 0.282 e. The molecule has 31 heavy (non-hydrogen) atoms. The van der Waals surface area contributed by atoms with E-state index in [1.807, 2.05) is 12.1 Å². The predicted molar refractivity (Wildman–Crippen MR) is 117 cm³/mol. The molecule has 1 fully saturated rings. The molecule has 3 aromatic rings. The Labute approximate surface area is 183 Å². The van der Waals surface area contributed by atoms with Crippen LogP contribution in [0.25, 0.3) is 6.08 Å². The number of carbonyl (C=O) groups is 2. The number of amides is 2. The molecule has 1 aliphatic heterocycles. The Balaban J connectivity index is 1.63. The lowest BCUT2D eigenvalue weighted by molar-refractivity contribution is -0.117. The summed E-state index contributed by atoms with van der Waals surface area (Å²) in [5.41, 5.74) is 4.81. The Morgan fingerprint density at radius 1 is 1.03 bits per heavy atom. The molecule has 1 N–H and O–H groups in total. The monoisotopic (exact) mass is 429 g/mol. The number of nitrogens with zero attached hydrogens (tertiary/aromatic N) is 2. The van der Waals surface area contributed by atoms with Gasteiger partial charge >= 0.3 is 0 Å². The van der Waals surface area contributed by atoms with Crippen molar-refractivity contribution >= 4 is 35.2 Å². The van der Waals surface area contributed by atoms with Gasteiger partial charge < -0.3 is 4.74 Å². The summed E-state index contributed by atoms with van der Waals surface area (Å²) in [5, 5.41) is 10.9. The van der Waals surface area contributed by atoms with Gasteiger partial charge in [-0.25, -0.2) is 5.01 Å². The second kappa shape index (κ2) is 8.74. The molecule has 3 aromatic carbocycles. The number of hydrogen-bond donors (Lipinski definition) is 1. The van der Waals surface area contributed by atoms with Gasteiger partial charge in [0.2, 0.25) is 0 Å². The summed E-state index contributed by atoms with van der Waals surface area (Å²) in [6.07, 6.45) is 1.46. The highest BCUT2D eigenvalue weighted by molar-refractivity contribution is 6.32. The van der Waals surface area contributed by atoms with E-state index in [0.29, 0.717) is 27.6 Å². The third kappa shape index (κ3) is 4.27. The summed E-state index contributed by atoms with van der Waals surface area (Å²) < 4.78 is 5.90. The molecule has 1 heterocycles. The summed E-state index contributed by atoms with van der Waals surface area (Å²) in [6, 6.07) is 23.0. The molecule has 0 bridgehead atoms. The van der Waals surface area contributed by atoms with Crippen LogP contribution in [-0.4, -0.2) is 11.8 Å². The largest absolute Gasteiger partial charge is 0.488 e. The van der Waals surface area contributed by atoms with Crippen molar-refractivity contribution in [1.82, 2.24) is 5.43 Å². The summed E-state index contributed by atoms with van der Waals surface area (Å²) in [5.74, 6) is -0.560. The first-order valence-corrected chi connectivity index (χ1v) is 9.77. The van der Waals surface area contributed by atoms with E-state index >= 15 is 0 Å². The van der Waals surface area contributed by atoms with E-state index in [9.17, 15) is 14.9 Å². The average Bonchev–Trinajstić information content (AvgIpc) is 3.07. The molecule has 1 saturated heterocycles. The molecule has 0 aromatic heterocycles. The van der Waals surface area contributed by atoms with Crippen LogP contribution in [0.2, 0.25) is 5.02 Å². The summed E-state index contributed by atoms with van der Waals surface area (Å²) in [6.45, 7) is 0.151. The van der Waals surface area contributed by atoms with Crippen molar-refractivity contribution in [2.24, 2.45) is 0 Å². The quantitative estimate of drug-likeness (QED) is 0.485. The Bertz CT molecular complexity index is 1230. The first-order valence-electron chi connectivity index (χ1n) is 9.39. The van der Waals surface area contributed by atoms with Crippen LogP contribution in [0.1, 0.15) is 16.7 Å². The first kappa shape index (κ1) is 20.2. The van der Waals surface area contributed by atoms with E-state index in [4.69, 9.17) is 16.3 Å². The number of hydrogen-bond acceptors (Lipinski definition) is 4. The molecule has 152 valence electrons. The normalized spacial score (nSPS) is 14.5. The van der Waals surface area contributed by atoms with Crippen LogP contribution in [0, 0.1) is 11.3 Å². The zero-order chi connectivity index (χ0) is 21.8. The van der Waals surface area contributed by atoms with Crippen LogP contribution in [0.4, 0.5) is 5.69 Å². The number of anilines is 1. The molecule has 0 aliphatic carbocycles. The lowest BCUT2D eigenvalue weighted by atomic mass is 10.1. The standard InChI is InChI=1S/C24H16ClN3O3/c25-19-10-11-22(31-15-17-7-5-4-6-16(17)14-26)18(12-19)13-21-23(29)27-28(24(21)30)20-8-2-1-3-9-20/h1-13H,15H2,(H,27,29)/b21-13-. The van der Waals surface area contributed by atoms with E-state index in [2.05, 4.69) is 11.5 Å². The predicted octanol–water partition coefficient (Wildman–Crippen LogP) is 4.25. The average molecular weight is 430 g/mol. The van der Waals surface area contributed by atoms with Gasteiger partial charge in [0.05, 0.1) is 17.3 Å². The van der Waals surface area contributed by atoms with Gasteiger partial charge in [0, 0.05) is 16.1 Å². The van der Waals surface area contributed by atoms with E-state index < -0.39 is 11.8 Å². The maximum atomic E-state index is 12.8. The molecule has 0 atom stereocenters. The van der Waals surface area contributed by atoms with Gasteiger partial charge in [0.15, 0.2) is 0 Å². The van der Waals surface area contributed by atoms with Gasteiger partial charge in [-0.05, 0) is 42.5 Å². The molecule has 0 radical (unpaired) electrons. The fourth-order valence-electron chi connectivity index (χ4n) is 3.15. The molecule has 2 amide bonds. The summed E-state index contributed by atoms with van der Waals surface area (Å²) >= 11 is 6.14. The third-order valence-corrected chi connectivity index (χ3v) is 4.93. The van der Waals surface area contributed by atoms with Gasteiger partial charge in [0.1, 0.15) is 17.9 Å². The zero-order valence-electron chi connectivity index (χ0n) is 16.2. The van der Waals surface area contributed by atoms with Crippen LogP contribution in [0.15, 0.2) is 78.4 Å². The number of benzene rings is 3. The molecule has 7 heteroatoms. The van der Waals surface area contributed by atoms with Crippen molar-refractivity contribution in [3.63, 3.8) is 0 Å². The number of ether oxygens (including phenoxy) is 1. The molecular weight excluding hydrogens is 414 g/mol. The third-order valence-electron chi connectivity index (χ3n) is 4.70. The van der Waals surface area contributed by atoms with E-state index in [1.54, 1.807) is 60.7 Å². The van der Waals surface area contributed by atoms with Crippen molar-refractivity contribution in [2.75, 3.05) is 5.01 Å². The maximum absolute atomic E-state index is 12.8. The highest BCUT2D eigenvalue weighted by Gasteiger charge is 2.34. The Morgan fingerprint density at radius 3 is 2.55 bits per heavy atom. The number of para-hydroxylation sites is 1. The van der Waals surface area contributed by atoms with Gasteiger partial charge in [-0.1, -0.05) is 48.0 Å². The molecular formula is C24H16ClN3O3. The summed E-state index contributed by atoms with van der Waals surface area (Å²) in [7, 11) is 0. The van der Waals surface area contributed by atoms with Crippen LogP contribution in [0.5, 0.6) is 5.75 Å². The van der Waals surface area contributed by atoms with E-state index in [-0.39, 0.29) is 12.2 Å².